The quantitative estimate of drug-likeness (QED) is 0.823. The van der Waals surface area contributed by atoms with Crippen LogP contribution in [0.5, 0.6) is 0 Å². The molecule has 0 spiro atoms. The first-order chi connectivity index (χ1) is 9.20. The summed E-state index contributed by atoms with van der Waals surface area (Å²) in [4.78, 5) is 0. The van der Waals surface area contributed by atoms with E-state index in [1.54, 1.807) is 18.6 Å². The zero-order chi connectivity index (χ0) is 13.7. The highest BCUT2D eigenvalue weighted by Gasteiger charge is 2.14. The SMILES string of the molecule is CCCNC(Cc1ccc(Cl)cc1Cl)c1ccoc1. The van der Waals surface area contributed by atoms with Crippen LogP contribution in [0.15, 0.2) is 41.2 Å². The predicted octanol–water partition coefficient (Wildman–Crippen LogP) is 4.87. The molecule has 2 aromatic rings. The number of rotatable bonds is 6. The van der Waals surface area contributed by atoms with Gasteiger partial charge in [-0.05, 0) is 43.1 Å². The van der Waals surface area contributed by atoms with E-state index in [0.29, 0.717) is 10.0 Å². The van der Waals surface area contributed by atoms with E-state index in [1.807, 2.05) is 18.2 Å². The average Bonchev–Trinajstić information content (AvgIpc) is 2.90. The molecule has 0 bridgehead atoms. The van der Waals surface area contributed by atoms with E-state index in [9.17, 15) is 0 Å². The van der Waals surface area contributed by atoms with Gasteiger partial charge in [-0.1, -0.05) is 36.2 Å². The molecule has 0 aliphatic rings. The van der Waals surface area contributed by atoms with Crippen LogP contribution in [0.4, 0.5) is 0 Å². The van der Waals surface area contributed by atoms with Crippen molar-refractivity contribution in [1.82, 2.24) is 5.32 Å². The standard InChI is InChI=1S/C15H17Cl2NO/c1-2-6-18-15(12-5-7-19-10-12)8-11-3-4-13(16)9-14(11)17/h3-5,7,9-10,15,18H,2,6,8H2,1H3. The molecule has 2 rings (SSSR count). The maximum Gasteiger partial charge on any atom is 0.0950 e. The van der Waals surface area contributed by atoms with Crippen LogP contribution in [0, 0.1) is 0 Å². The Morgan fingerprint density at radius 3 is 2.74 bits per heavy atom. The highest BCUT2D eigenvalue weighted by atomic mass is 35.5. The molecule has 1 aromatic carbocycles. The molecule has 0 saturated heterocycles. The highest BCUT2D eigenvalue weighted by Crippen LogP contribution is 2.26. The molecule has 0 amide bonds. The Kier molecular flexibility index (Phi) is 5.32. The third-order valence-electron chi connectivity index (χ3n) is 3.03. The largest absolute Gasteiger partial charge is 0.472 e. The van der Waals surface area contributed by atoms with Gasteiger partial charge in [-0.3, -0.25) is 0 Å². The Hall–Kier alpha value is -0.960. The van der Waals surface area contributed by atoms with Crippen molar-refractivity contribution >= 4 is 23.2 Å². The molecule has 1 unspecified atom stereocenters. The first-order valence-corrected chi connectivity index (χ1v) is 7.15. The number of halogens is 2. The van der Waals surface area contributed by atoms with Crippen molar-refractivity contribution in [3.63, 3.8) is 0 Å². The van der Waals surface area contributed by atoms with Gasteiger partial charge in [0.1, 0.15) is 0 Å². The molecule has 1 heterocycles. The van der Waals surface area contributed by atoms with Crippen LogP contribution in [0.25, 0.3) is 0 Å². The first kappa shape index (κ1) is 14.4. The number of furan rings is 1. The first-order valence-electron chi connectivity index (χ1n) is 6.40. The number of benzene rings is 1. The fourth-order valence-corrected chi connectivity index (χ4v) is 2.49. The summed E-state index contributed by atoms with van der Waals surface area (Å²) >= 11 is 12.2. The summed E-state index contributed by atoms with van der Waals surface area (Å²) in [6, 6.07) is 7.82. The van der Waals surface area contributed by atoms with Crippen molar-refractivity contribution in [3.8, 4) is 0 Å². The minimum atomic E-state index is 0.206. The van der Waals surface area contributed by atoms with Crippen molar-refractivity contribution < 1.29 is 4.42 Å². The van der Waals surface area contributed by atoms with Crippen LogP contribution in [-0.2, 0) is 6.42 Å². The van der Waals surface area contributed by atoms with E-state index in [2.05, 4.69) is 12.2 Å². The van der Waals surface area contributed by atoms with E-state index in [4.69, 9.17) is 27.6 Å². The number of hydrogen-bond donors (Lipinski definition) is 1. The van der Waals surface area contributed by atoms with Crippen molar-refractivity contribution in [2.24, 2.45) is 0 Å². The molecule has 0 aliphatic carbocycles. The summed E-state index contributed by atoms with van der Waals surface area (Å²) in [6.07, 6.45) is 5.37. The van der Waals surface area contributed by atoms with Gasteiger partial charge in [-0.15, -0.1) is 0 Å². The number of nitrogens with one attached hydrogen (secondary N) is 1. The molecule has 4 heteroatoms. The van der Waals surface area contributed by atoms with Gasteiger partial charge in [0, 0.05) is 21.7 Å². The Morgan fingerprint density at radius 2 is 2.11 bits per heavy atom. The molecule has 0 saturated carbocycles. The topological polar surface area (TPSA) is 25.2 Å². The van der Waals surface area contributed by atoms with Crippen LogP contribution >= 0.6 is 23.2 Å². The van der Waals surface area contributed by atoms with E-state index < -0.39 is 0 Å². The van der Waals surface area contributed by atoms with Gasteiger partial charge >= 0.3 is 0 Å². The lowest BCUT2D eigenvalue weighted by molar-refractivity contribution is 0.512. The van der Waals surface area contributed by atoms with E-state index in [1.165, 1.54) is 0 Å². The lowest BCUT2D eigenvalue weighted by Gasteiger charge is -2.18. The Bertz CT molecular complexity index is 511. The van der Waals surface area contributed by atoms with Gasteiger partial charge in [0.05, 0.1) is 12.5 Å². The fraction of sp³-hybridized carbons (Fsp3) is 0.333. The van der Waals surface area contributed by atoms with Crippen molar-refractivity contribution in [2.45, 2.75) is 25.8 Å². The van der Waals surface area contributed by atoms with Crippen LogP contribution in [0.1, 0.15) is 30.5 Å². The van der Waals surface area contributed by atoms with E-state index >= 15 is 0 Å². The van der Waals surface area contributed by atoms with Gasteiger partial charge < -0.3 is 9.73 Å². The van der Waals surface area contributed by atoms with Gasteiger partial charge in [-0.25, -0.2) is 0 Å². The van der Waals surface area contributed by atoms with Gasteiger partial charge in [0.25, 0.3) is 0 Å². The smallest absolute Gasteiger partial charge is 0.0950 e. The van der Waals surface area contributed by atoms with Crippen LogP contribution in [0.2, 0.25) is 10.0 Å². The van der Waals surface area contributed by atoms with Crippen LogP contribution in [0.3, 0.4) is 0 Å². The minimum Gasteiger partial charge on any atom is -0.472 e. The fourth-order valence-electron chi connectivity index (χ4n) is 2.01. The molecule has 102 valence electrons. The Labute approximate surface area is 123 Å². The molecular formula is C15H17Cl2NO. The highest BCUT2D eigenvalue weighted by molar-refractivity contribution is 6.35. The third kappa shape index (κ3) is 4.00. The van der Waals surface area contributed by atoms with Crippen LogP contribution < -0.4 is 5.32 Å². The second-order valence-electron chi connectivity index (χ2n) is 4.50. The van der Waals surface area contributed by atoms with Gasteiger partial charge in [-0.2, -0.15) is 0 Å². The summed E-state index contributed by atoms with van der Waals surface area (Å²) in [5, 5.41) is 4.88. The molecule has 19 heavy (non-hydrogen) atoms. The van der Waals surface area contributed by atoms with Crippen molar-refractivity contribution in [2.75, 3.05) is 6.54 Å². The predicted molar refractivity (Wildman–Crippen MR) is 79.9 cm³/mol. The summed E-state index contributed by atoms with van der Waals surface area (Å²) in [6.45, 7) is 3.11. The Balaban J connectivity index is 2.15. The maximum atomic E-state index is 6.23. The summed E-state index contributed by atoms with van der Waals surface area (Å²) in [5.41, 5.74) is 2.22. The summed E-state index contributed by atoms with van der Waals surface area (Å²) in [7, 11) is 0. The summed E-state index contributed by atoms with van der Waals surface area (Å²) < 4.78 is 5.17. The molecule has 2 nitrogen and oxygen atoms in total. The molecule has 1 atom stereocenters. The molecule has 0 aliphatic heterocycles. The normalized spacial score (nSPS) is 12.6. The maximum absolute atomic E-state index is 6.23. The summed E-state index contributed by atoms with van der Waals surface area (Å²) in [5.74, 6) is 0. The lowest BCUT2D eigenvalue weighted by atomic mass is 10.0. The second kappa shape index (κ2) is 6.99. The molecule has 1 N–H and O–H groups in total. The molecule has 0 radical (unpaired) electrons. The van der Waals surface area contributed by atoms with Crippen molar-refractivity contribution in [3.05, 3.63) is 58.0 Å². The number of hydrogen-bond acceptors (Lipinski definition) is 2. The minimum absolute atomic E-state index is 0.206. The molecule has 0 fully saturated rings. The van der Waals surface area contributed by atoms with E-state index in [0.717, 1.165) is 30.5 Å². The average molecular weight is 298 g/mol. The second-order valence-corrected chi connectivity index (χ2v) is 5.35. The van der Waals surface area contributed by atoms with Crippen LogP contribution in [-0.4, -0.2) is 6.54 Å². The van der Waals surface area contributed by atoms with E-state index in [-0.39, 0.29) is 6.04 Å². The molecule has 1 aromatic heterocycles. The van der Waals surface area contributed by atoms with Gasteiger partial charge in [0.15, 0.2) is 0 Å². The Morgan fingerprint density at radius 1 is 1.26 bits per heavy atom. The monoisotopic (exact) mass is 297 g/mol. The zero-order valence-corrected chi connectivity index (χ0v) is 12.3. The third-order valence-corrected chi connectivity index (χ3v) is 3.61. The lowest BCUT2D eigenvalue weighted by Crippen LogP contribution is -2.23. The zero-order valence-electron chi connectivity index (χ0n) is 10.8. The molecular weight excluding hydrogens is 281 g/mol. The van der Waals surface area contributed by atoms with Crippen molar-refractivity contribution in [1.29, 1.82) is 0 Å². The van der Waals surface area contributed by atoms with Gasteiger partial charge in [0.2, 0.25) is 0 Å².